The molecule has 19 heavy (non-hydrogen) atoms. The molecule has 1 aromatic rings. The van der Waals surface area contributed by atoms with E-state index in [-0.39, 0.29) is 24.0 Å². The Balaban J connectivity index is 0.00000324. The van der Waals surface area contributed by atoms with Crippen LogP contribution in [0.15, 0.2) is 34.2 Å². The Bertz CT molecular complexity index is 380. The molecule has 0 amide bonds. The zero-order valence-electron chi connectivity index (χ0n) is 11.3. The molecule has 0 bridgehead atoms. The summed E-state index contributed by atoms with van der Waals surface area (Å²) in [5.41, 5.74) is 5.89. The number of nitrogens with zero attached hydrogens (tertiary/aromatic N) is 2. The van der Waals surface area contributed by atoms with E-state index in [2.05, 4.69) is 18.8 Å². The normalized spacial score (nSPS) is 11.0. The third-order valence-corrected chi connectivity index (χ3v) is 3.78. The van der Waals surface area contributed by atoms with Crippen LogP contribution in [-0.2, 0) is 0 Å². The molecule has 0 radical (unpaired) electrons. The van der Waals surface area contributed by atoms with Gasteiger partial charge in [-0.3, -0.25) is 4.99 Å². The van der Waals surface area contributed by atoms with Crippen LogP contribution in [0.5, 0.6) is 0 Å². The maximum atomic E-state index is 5.89. The highest BCUT2D eigenvalue weighted by Gasteiger charge is 2.01. The van der Waals surface area contributed by atoms with E-state index in [9.17, 15) is 0 Å². The lowest BCUT2D eigenvalue weighted by Crippen LogP contribution is -2.37. The molecule has 6 heteroatoms. The molecule has 0 aliphatic carbocycles. The predicted molar refractivity (Wildman–Crippen MR) is 97.0 cm³/mol. The van der Waals surface area contributed by atoms with Crippen LogP contribution in [0.3, 0.4) is 0 Å². The predicted octanol–water partition coefficient (Wildman–Crippen LogP) is 3.71. The van der Waals surface area contributed by atoms with Gasteiger partial charge < -0.3 is 10.6 Å². The van der Waals surface area contributed by atoms with Gasteiger partial charge in [0.25, 0.3) is 0 Å². The number of rotatable bonds is 6. The third-order valence-electron chi connectivity index (χ3n) is 2.53. The van der Waals surface area contributed by atoms with E-state index in [1.54, 1.807) is 11.8 Å². The first-order valence-electron chi connectivity index (χ1n) is 6.10. The minimum atomic E-state index is 0. The van der Waals surface area contributed by atoms with Gasteiger partial charge in [-0.1, -0.05) is 11.6 Å². The molecule has 0 atom stereocenters. The molecular formula is C13H21ClIN3S. The first kappa shape index (κ1) is 18.9. The second-order valence-corrected chi connectivity index (χ2v) is 5.32. The molecule has 0 heterocycles. The summed E-state index contributed by atoms with van der Waals surface area (Å²) in [5, 5.41) is 0.767. The van der Waals surface area contributed by atoms with Crippen LogP contribution in [0.25, 0.3) is 0 Å². The summed E-state index contributed by atoms with van der Waals surface area (Å²) < 4.78 is 0. The fraction of sp³-hybridized carbons (Fsp3) is 0.462. The van der Waals surface area contributed by atoms with Crippen molar-refractivity contribution in [2.75, 3.05) is 25.4 Å². The summed E-state index contributed by atoms with van der Waals surface area (Å²) in [5.74, 6) is 1.56. The molecule has 108 valence electrons. The second kappa shape index (κ2) is 10.6. The Morgan fingerprint density at radius 2 is 1.84 bits per heavy atom. The van der Waals surface area contributed by atoms with E-state index in [4.69, 9.17) is 17.3 Å². The average Bonchev–Trinajstić information content (AvgIpc) is 2.38. The highest BCUT2D eigenvalue weighted by atomic mass is 127. The number of guanidine groups is 1. The Hall–Kier alpha value is -0.140. The van der Waals surface area contributed by atoms with E-state index in [1.165, 1.54) is 4.90 Å². The largest absolute Gasteiger partial charge is 0.370 e. The zero-order valence-corrected chi connectivity index (χ0v) is 15.2. The lowest BCUT2D eigenvalue weighted by molar-refractivity contribution is 0.458. The maximum absolute atomic E-state index is 5.89. The van der Waals surface area contributed by atoms with Crippen LogP contribution in [-0.4, -0.2) is 36.2 Å². The van der Waals surface area contributed by atoms with Gasteiger partial charge in [0, 0.05) is 28.8 Å². The van der Waals surface area contributed by atoms with Crippen LogP contribution >= 0.6 is 47.3 Å². The number of hydrogen-bond donors (Lipinski definition) is 1. The topological polar surface area (TPSA) is 41.6 Å². The number of halogens is 2. The molecular weight excluding hydrogens is 393 g/mol. The fourth-order valence-corrected chi connectivity index (χ4v) is 2.37. The maximum Gasteiger partial charge on any atom is 0.191 e. The van der Waals surface area contributed by atoms with Gasteiger partial charge in [0.05, 0.1) is 6.54 Å². The number of thioether (sulfide) groups is 1. The van der Waals surface area contributed by atoms with Crippen molar-refractivity contribution in [3.05, 3.63) is 29.3 Å². The molecule has 0 aliphatic heterocycles. The molecule has 0 aromatic heterocycles. The smallest absolute Gasteiger partial charge is 0.191 e. The van der Waals surface area contributed by atoms with E-state index < -0.39 is 0 Å². The first-order chi connectivity index (χ1) is 8.67. The van der Waals surface area contributed by atoms with Gasteiger partial charge in [-0.05, 0) is 38.1 Å². The van der Waals surface area contributed by atoms with Crippen molar-refractivity contribution in [3.63, 3.8) is 0 Å². The second-order valence-electron chi connectivity index (χ2n) is 3.71. The summed E-state index contributed by atoms with van der Waals surface area (Å²) in [6.07, 6.45) is 0. The van der Waals surface area contributed by atoms with Crippen molar-refractivity contribution < 1.29 is 0 Å². The van der Waals surface area contributed by atoms with Gasteiger partial charge in [0.2, 0.25) is 0 Å². The minimum absolute atomic E-state index is 0. The van der Waals surface area contributed by atoms with Gasteiger partial charge in [0.15, 0.2) is 5.96 Å². The Labute approximate surface area is 142 Å². The van der Waals surface area contributed by atoms with Crippen LogP contribution in [0.1, 0.15) is 13.8 Å². The monoisotopic (exact) mass is 413 g/mol. The highest BCUT2D eigenvalue weighted by Crippen LogP contribution is 2.19. The van der Waals surface area contributed by atoms with Gasteiger partial charge in [-0.25, -0.2) is 0 Å². The lowest BCUT2D eigenvalue weighted by atomic mass is 10.4. The van der Waals surface area contributed by atoms with E-state index in [1.807, 2.05) is 29.2 Å². The molecule has 0 spiro atoms. The summed E-state index contributed by atoms with van der Waals surface area (Å²) in [6, 6.07) is 7.84. The van der Waals surface area contributed by atoms with Crippen molar-refractivity contribution in [2.24, 2.45) is 10.7 Å². The molecule has 3 nitrogen and oxygen atoms in total. The number of hydrogen-bond acceptors (Lipinski definition) is 2. The Kier molecular flexibility index (Phi) is 10.5. The Morgan fingerprint density at radius 3 is 2.37 bits per heavy atom. The SMILES string of the molecule is CCN(CC)C(N)=NCCSc1ccc(Cl)cc1.I. The van der Waals surface area contributed by atoms with E-state index in [0.29, 0.717) is 5.96 Å². The molecule has 1 rings (SSSR count). The van der Waals surface area contributed by atoms with Gasteiger partial charge in [-0.2, -0.15) is 0 Å². The third kappa shape index (κ3) is 7.27. The van der Waals surface area contributed by atoms with Crippen LogP contribution in [0, 0.1) is 0 Å². The highest BCUT2D eigenvalue weighted by molar-refractivity contribution is 14.0. The van der Waals surface area contributed by atoms with Crippen molar-refractivity contribution in [3.8, 4) is 0 Å². The molecule has 0 saturated carbocycles. The summed E-state index contributed by atoms with van der Waals surface area (Å²) >= 11 is 7.59. The summed E-state index contributed by atoms with van der Waals surface area (Å²) in [7, 11) is 0. The number of nitrogens with two attached hydrogens (primary N) is 1. The molecule has 0 aliphatic rings. The number of benzene rings is 1. The molecule has 0 fully saturated rings. The molecule has 0 unspecified atom stereocenters. The van der Waals surface area contributed by atoms with Crippen molar-refractivity contribution in [1.29, 1.82) is 0 Å². The van der Waals surface area contributed by atoms with Crippen molar-refractivity contribution in [1.82, 2.24) is 4.90 Å². The fourth-order valence-electron chi connectivity index (χ4n) is 1.50. The van der Waals surface area contributed by atoms with Gasteiger partial charge in [-0.15, -0.1) is 35.7 Å². The van der Waals surface area contributed by atoms with Crippen molar-refractivity contribution >= 4 is 53.3 Å². The average molecular weight is 414 g/mol. The van der Waals surface area contributed by atoms with Crippen LogP contribution in [0.2, 0.25) is 5.02 Å². The van der Waals surface area contributed by atoms with E-state index in [0.717, 1.165) is 30.4 Å². The first-order valence-corrected chi connectivity index (χ1v) is 7.47. The molecule has 1 aromatic carbocycles. The zero-order chi connectivity index (χ0) is 13.4. The standard InChI is InChI=1S/C13H20ClN3S.HI/c1-3-17(4-2)13(15)16-9-10-18-12-7-5-11(14)6-8-12;/h5-8H,3-4,9-10H2,1-2H3,(H2,15,16);1H. The van der Waals surface area contributed by atoms with E-state index >= 15 is 0 Å². The summed E-state index contributed by atoms with van der Waals surface area (Å²) in [6.45, 7) is 6.69. The van der Waals surface area contributed by atoms with Crippen molar-refractivity contribution in [2.45, 2.75) is 18.7 Å². The quantitative estimate of drug-likeness (QED) is 0.254. The minimum Gasteiger partial charge on any atom is -0.370 e. The van der Waals surface area contributed by atoms with Gasteiger partial charge in [0.1, 0.15) is 0 Å². The molecule has 2 N–H and O–H groups in total. The van der Waals surface area contributed by atoms with Crippen LogP contribution in [0.4, 0.5) is 0 Å². The summed E-state index contributed by atoms with van der Waals surface area (Å²) in [4.78, 5) is 7.63. The van der Waals surface area contributed by atoms with Gasteiger partial charge >= 0.3 is 0 Å². The number of aliphatic imine (C=N–C) groups is 1. The molecule has 0 saturated heterocycles. The van der Waals surface area contributed by atoms with Crippen LogP contribution < -0.4 is 5.73 Å². The lowest BCUT2D eigenvalue weighted by Gasteiger charge is -2.19. The Morgan fingerprint density at radius 1 is 1.26 bits per heavy atom.